The van der Waals surface area contributed by atoms with Crippen molar-refractivity contribution in [3.63, 3.8) is 0 Å². The van der Waals surface area contributed by atoms with E-state index in [2.05, 4.69) is 54.1 Å². The third-order valence-corrected chi connectivity index (χ3v) is 4.00. The highest BCUT2D eigenvalue weighted by atomic mass is 15.1. The van der Waals surface area contributed by atoms with Crippen molar-refractivity contribution in [2.75, 3.05) is 6.54 Å². The highest BCUT2D eigenvalue weighted by Crippen LogP contribution is 2.22. The molecule has 3 rings (SSSR count). The molecule has 0 unspecified atom stereocenters. The first kappa shape index (κ1) is 13.4. The maximum absolute atomic E-state index is 4.86. The molecular formula is C17H23N3. The first-order valence-corrected chi connectivity index (χ1v) is 7.58. The summed E-state index contributed by atoms with van der Waals surface area (Å²) in [4.78, 5) is 4.86. The predicted octanol–water partition coefficient (Wildman–Crippen LogP) is 2.89. The molecule has 106 valence electrons. The van der Waals surface area contributed by atoms with E-state index in [1.54, 1.807) is 0 Å². The Kier molecular flexibility index (Phi) is 3.88. The standard InChI is InChI=1S/C17H23N3/c1-13(2)17-19-15-12-18-10-8-16(15)20(17)11-9-14-6-4-3-5-7-14/h3-7,13,18H,8-12H2,1-2H3. The van der Waals surface area contributed by atoms with Crippen LogP contribution in [0.25, 0.3) is 0 Å². The minimum Gasteiger partial charge on any atom is -0.331 e. The van der Waals surface area contributed by atoms with E-state index in [9.17, 15) is 0 Å². The lowest BCUT2D eigenvalue weighted by Crippen LogP contribution is -2.25. The number of hydrogen-bond donors (Lipinski definition) is 1. The first-order chi connectivity index (χ1) is 9.75. The molecular weight excluding hydrogens is 246 g/mol. The summed E-state index contributed by atoms with van der Waals surface area (Å²) in [7, 11) is 0. The zero-order valence-electron chi connectivity index (χ0n) is 12.4. The predicted molar refractivity (Wildman–Crippen MR) is 81.9 cm³/mol. The number of rotatable bonds is 4. The van der Waals surface area contributed by atoms with E-state index >= 15 is 0 Å². The Bertz CT molecular complexity index is 569. The quantitative estimate of drug-likeness (QED) is 0.925. The molecule has 0 saturated heterocycles. The normalized spacial score (nSPS) is 14.6. The van der Waals surface area contributed by atoms with Crippen LogP contribution in [0.4, 0.5) is 0 Å². The third kappa shape index (κ3) is 2.63. The summed E-state index contributed by atoms with van der Waals surface area (Å²) in [5, 5.41) is 3.42. The Morgan fingerprint density at radius 2 is 2.05 bits per heavy atom. The van der Waals surface area contributed by atoms with Crippen LogP contribution in [0.5, 0.6) is 0 Å². The van der Waals surface area contributed by atoms with Gasteiger partial charge in [-0.3, -0.25) is 0 Å². The second kappa shape index (κ2) is 5.80. The molecule has 0 aliphatic carbocycles. The monoisotopic (exact) mass is 269 g/mol. The average molecular weight is 269 g/mol. The summed E-state index contributed by atoms with van der Waals surface area (Å²) in [6.07, 6.45) is 2.18. The highest BCUT2D eigenvalue weighted by molar-refractivity contribution is 5.22. The van der Waals surface area contributed by atoms with E-state index in [-0.39, 0.29) is 0 Å². The van der Waals surface area contributed by atoms with Crippen molar-refractivity contribution in [1.29, 1.82) is 0 Å². The molecule has 1 aromatic heterocycles. The number of hydrogen-bond acceptors (Lipinski definition) is 2. The Morgan fingerprint density at radius 3 is 2.80 bits per heavy atom. The van der Waals surface area contributed by atoms with Gasteiger partial charge in [-0.1, -0.05) is 44.2 Å². The molecule has 0 fully saturated rings. The number of aromatic nitrogens is 2. The summed E-state index contributed by atoms with van der Waals surface area (Å²) in [6.45, 7) is 7.51. The van der Waals surface area contributed by atoms with Crippen molar-refractivity contribution in [2.45, 2.75) is 45.7 Å². The van der Waals surface area contributed by atoms with Gasteiger partial charge in [0, 0.05) is 37.7 Å². The molecule has 3 nitrogen and oxygen atoms in total. The van der Waals surface area contributed by atoms with Crippen LogP contribution in [0.3, 0.4) is 0 Å². The summed E-state index contributed by atoms with van der Waals surface area (Å²) in [5.41, 5.74) is 4.11. The molecule has 0 spiro atoms. The zero-order chi connectivity index (χ0) is 13.9. The number of nitrogens with one attached hydrogen (secondary N) is 1. The number of benzene rings is 1. The Labute approximate surface area is 121 Å². The van der Waals surface area contributed by atoms with Gasteiger partial charge in [0.1, 0.15) is 5.82 Å². The molecule has 1 aromatic carbocycles. The fourth-order valence-electron chi connectivity index (χ4n) is 2.97. The third-order valence-electron chi connectivity index (χ3n) is 4.00. The molecule has 0 radical (unpaired) electrons. The van der Waals surface area contributed by atoms with Crippen molar-refractivity contribution in [3.8, 4) is 0 Å². The van der Waals surface area contributed by atoms with Crippen LogP contribution in [-0.2, 0) is 25.9 Å². The van der Waals surface area contributed by atoms with E-state index in [0.717, 1.165) is 32.5 Å². The highest BCUT2D eigenvalue weighted by Gasteiger charge is 2.20. The lowest BCUT2D eigenvalue weighted by Gasteiger charge is -2.17. The fourth-order valence-corrected chi connectivity index (χ4v) is 2.97. The topological polar surface area (TPSA) is 29.9 Å². The minimum absolute atomic E-state index is 0.483. The van der Waals surface area contributed by atoms with Gasteiger partial charge < -0.3 is 9.88 Å². The summed E-state index contributed by atoms with van der Waals surface area (Å²) in [6, 6.07) is 10.7. The van der Waals surface area contributed by atoms with E-state index in [0.29, 0.717) is 5.92 Å². The van der Waals surface area contributed by atoms with E-state index in [4.69, 9.17) is 4.98 Å². The van der Waals surface area contributed by atoms with Gasteiger partial charge >= 0.3 is 0 Å². The summed E-state index contributed by atoms with van der Waals surface area (Å²) < 4.78 is 2.47. The molecule has 1 aliphatic heterocycles. The molecule has 2 aromatic rings. The van der Waals surface area contributed by atoms with Crippen molar-refractivity contribution >= 4 is 0 Å². The van der Waals surface area contributed by atoms with Crippen LogP contribution in [-0.4, -0.2) is 16.1 Å². The SMILES string of the molecule is CC(C)c1nc2c(n1CCc1ccccc1)CCNC2. The van der Waals surface area contributed by atoms with Gasteiger partial charge in [-0.2, -0.15) is 0 Å². The second-order valence-electron chi connectivity index (χ2n) is 5.83. The lowest BCUT2D eigenvalue weighted by molar-refractivity contribution is 0.567. The first-order valence-electron chi connectivity index (χ1n) is 7.58. The Balaban J connectivity index is 1.85. The average Bonchev–Trinajstić information content (AvgIpc) is 2.85. The van der Waals surface area contributed by atoms with Crippen LogP contribution in [0, 0.1) is 0 Å². The minimum atomic E-state index is 0.483. The van der Waals surface area contributed by atoms with E-state index in [1.165, 1.54) is 22.8 Å². The maximum Gasteiger partial charge on any atom is 0.111 e. The van der Waals surface area contributed by atoms with E-state index in [1.807, 2.05) is 0 Å². The molecule has 0 atom stereocenters. The molecule has 0 bridgehead atoms. The molecule has 20 heavy (non-hydrogen) atoms. The molecule has 1 aliphatic rings. The van der Waals surface area contributed by atoms with Gasteiger partial charge in [-0.05, 0) is 12.0 Å². The van der Waals surface area contributed by atoms with Crippen molar-refractivity contribution in [1.82, 2.24) is 14.9 Å². The molecule has 0 amide bonds. The van der Waals surface area contributed by atoms with Crippen molar-refractivity contribution in [2.24, 2.45) is 0 Å². The lowest BCUT2D eigenvalue weighted by atomic mass is 10.1. The smallest absolute Gasteiger partial charge is 0.111 e. The van der Waals surface area contributed by atoms with Crippen molar-refractivity contribution < 1.29 is 0 Å². The van der Waals surface area contributed by atoms with Crippen LogP contribution in [0.1, 0.15) is 42.5 Å². The van der Waals surface area contributed by atoms with Crippen LogP contribution < -0.4 is 5.32 Å². The summed E-state index contributed by atoms with van der Waals surface area (Å²) >= 11 is 0. The molecule has 0 saturated carbocycles. The second-order valence-corrected chi connectivity index (χ2v) is 5.83. The van der Waals surface area contributed by atoms with E-state index < -0.39 is 0 Å². The fraction of sp³-hybridized carbons (Fsp3) is 0.471. The van der Waals surface area contributed by atoms with Crippen LogP contribution >= 0.6 is 0 Å². The summed E-state index contributed by atoms with van der Waals surface area (Å²) in [5.74, 6) is 1.73. The molecule has 1 N–H and O–H groups in total. The van der Waals surface area contributed by atoms with Gasteiger partial charge in [-0.25, -0.2) is 4.98 Å². The largest absolute Gasteiger partial charge is 0.331 e. The zero-order valence-corrected chi connectivity index (χ0v) is 12.4. The van der Waals surface area contributed by atoms with Gasteiger partial charge in [0.25, 0.3) is 0 Å². The number of imidazole rings is 1. The molecule has 3 heteroatoms. The van der Waals surface area contributed by atoms with Gasteiger partial charge in [-0.15, -0.1) is 0 Å². The number of aryl methyl sites for hydroxylation is 1. The Morgan fingerprint density at radius 1 is 1.25 bits per heavy atom. The van der Waals surface area contributed by atoms with Crippen LogP contribution in [0.2, 0.25) is 0 Å². The Hall–Kier alpha value is -1.61. The maximum atomic E-state index is 4.86. The number of fused-ring (bicyclic) bond motifs is 1. The molecule has 2 heterocycles. The van der Waals surface area contributed by atoms with Crippen molar-refractivity contribution in [3.05, 3.63) is 53.1 Å². The van der Waals surface area contributed by atoms with Gasteiger partial charge in [0.05, 0.1) is 5.69 Å². The van der Waals surface area contributed by atoms with Gasteiger partial charge in [0.15, 0.2) is 0 Å². The number of nitrogens with zero attached hydrogens (tertiary/aromatic N) is 2. The van der Waals surface area contributed by atoms with Gasteiger partial charge in [0.2, 0.25) is 0 Å². The van der Waals surface area contributed by atoms with Crippen LogP contribution in [0.15, 0.2) is 30.3 Å².